The fourth-order valence-electron chi connectivity index (χ4n) is 2.34. The molecule has 102 valence electrons. The lowest BCUT2D eigenvalue weighted by atomic mass is 9.81. The smallest absolute Gasteiger partial charge is 0.354 e. The van der Waals surface area contributed by atoms with Crippen molar-refractivity contribution in [3.63, 3.8) is 0 Å². The normalized spacial score (nSPS) is 18.3. The summed E-state index contributed by atoms with van der Waals surface area (Å²) >= 11 is 0. The number of rotatable bonds is 4. The number of ketones is 1. The van der Waals surface area contributed by atoms with Crippen LogP contribution in [0.25, 0.3) is 0 Å². The zero-order chi connectivity index (χ0) is 13.9. The molecule has 0 aliphatic heterocycles. The molecular formula is C14H17NO4. The number of carbonyl (C=O) groups is 2. The number of hydrogen-bond donors (Lipinski definition) is 2. The van der Waals surface area contributed by atoms with Gasteiger partial charge in [-0.05, 0) is 37.8 Å². The zero-order valence-electron chi connectivity index (χ0n) is 10.6. The molecule has 2 rings (SSSR count). The SMILES string of the molecule is O=C1CCC(O)(CCc2cccc(C(=O)O)n2)CC1. The van der Waals surface area contributed by atoms with Crippen LogP contribution in [0, 0.1) is 0 Å². The summed E-state index contributed by atoms with van der Waals surface area (Å²) in [5, 5.41) is 19.2. The van der Waals surface area contributed by atoms with Gasteiger partial charge in [-0.15, -0.1) is 0 Å². The van der Waals surface area contributed by atoms with Gasteiger partial charge in [-0.3, -0.25) is 4.79 Å². The van der Waals surface area contributed by atoms with Gasteiger partial charge in [0, 0.05) is 18.5 Å². The maximum Gasteiger partial charge on any atom is 0.354 e. The number of Topliss-reactive ketones (excluding diaryl/α,β-unsaturated/α-hetero) is 1. The van der Waals surface area contributed by atoms with Gasteiger partial charge in [0.05, 0.1) is 5.60 Å². The lowest BCUT2D eigenvalue weighted by Gasteiger charge is -2.31. The second kappa shape index (κ2) is 5.48. The first kappa shape index (κ1) is 13.7. The molecule has 0 amide bonds. The van der Waals surface area contributed by atoms with E-state index in [1.807, 2.05) is 0 Å². The Hall–Kier alpha value is -1.75. The minimum atomic E-state index is -1.05. The molecular weight excluding hydrogens is 246 g/mol. The van der Waals surface area contributed by atoms with E-state index in [0.29, 0.717) is 44.2 Å². The molecule has 1 heterocycles. The lowest BCUT2D eigenvalue weighted by Crippen LogP contribution is -2.34. The fourth-order valence-corrected chi connectivity index (χ4v) is 2.34. The Labute approximate surface area is 111 Å². The first-order valence-electron chi connectivity index (χ1n) is 6.42. The topological polar surface area (TPSA) is 87.5 Å². The maximum atomic E-state index is 11.2. The van der Waals surface area contributed by atoms with E-state index in [1.54, 1.807) is 12.1 Å². The van der Waals surface area contributed by atoms with Gasteiger partial charge in [0.15, 0.2) is 0 Å². The Kier molecular flexibility index (Phi) is 3.95. The van der Waals surface area contributed by atoms with E-state index in [-0.39, 0.29) is 11.5 Å². The predicted molar refractivity (Wildman–Crippen MR) is 67.9 cm³/mol. The highest BCUT2D eigenvalue weighted by atomic mass is 16.4. The summed E-state index contributed by atoms with van der Waals surface area (Å²) in [7, 11) is 0. The van der Waals surface area contributed by atoms with Crippen molar-refractivity contribution >= 4 is 11.8 Å². The number of aromatic carboxylic acids is 1. The Balaban J connectivity index is 1.96. The Morgan fingerprint density at radius 2 is 2.00 bits per heavy atom. The quantitative estimate of drug-likeness (QED) is 0.861. The van der Waals surface area contributed by atoms with Crippen molar-refractivity contribution in [3.05, 3.63) is 29.6 Å². The third-order valence-electron chi connectivity index (χ3n) is 3.61. The second-order valence-electron chi connectivity index (χ2n) is 5.08. The standard InChI is InChI=1S/C14H17NO4/c16-11-5-8-14(19,9-6-11)7-4-10-2-1-3-12(15-10)13(17)18/h1-3,19H,4-9H2,(H,17,18). The summed E-state index contributed by atoms with van der Waals surface area (Å²) in [4.78, 5) is 26.0. The first-order chi connectivity index (χ1) is 8.98. The van der Waals surface area contributed by atoms with Gasteiger partial charge >= 0.3 is 5.97 Å². The van der Waals surface area contributed by atoms with E-state index in [9.17, 15) is 14.7 Å². The van der Waals surface area contributed by atoms with Crippen LogP contribution in [0.4, 0.5) is 0 Å². The molecule has 19 heavy (non-hydrogen) atoms. The van der Waals surface area contributed by atoms with Crippen molar-refractivity contribution in [1.82, 2.24) is 4.98 Å². The highest BCUT2D eigenvalue weighted by molar-refractivity contribution is 5.85. The van der Waals surface area contributed by atoms with Crippen LogP contribution >= 0.6 is 0 Å². The van der Waals surface area contributed by atoms with Crippen molar-refractivity contribution in [2.75, 3.05) is 0 Å². The molecule has 5 heteroatoms. The van der Waals surface area contributed by atoms with Crippen LogP contribution in [0.3, 0.4) is 0 Å². The van der Waals surface area contributed by atoms with Crippen molar-refractivity contribution in [2.24, 2.45) is 0 Å². The molecule has 0 spiro atoms. The van der Waals surface area contributed by atoms with Gasteiger partial charge in [-0.1, -0.05) is 6.07 Å². The molecule has 0 aromatic carbocycles. The zero-order valence-corrected chi connectivity index (χ0v) is 10.6. The number of aryl methyl sites for hydroxylation is 1. The molecule has 1 aliphatic rings. The molecule has 0 radical (unpaired) electrons. The number of carboxylic acid groups (broad SMARTS) is 1. The van der Waals surface area contributed by atoms with Crippen molar-refractivity contribution in [3.8, 4) is 0 Å². The third-order valence-corrected chi connectivity index (χ3v) is 3.61. The summed E-state index contributed by atoms with van der Waals surface area (Å²) in [6.45, 7) is 0. The highest BCUT2D eigenvalue weighted by Gasteiger charge is 2.31. The molecule has 0 atom stereocenters. The number of aromatic nitrogens is 1. The van der Waals surface area contributed by atoms with Crippen LogP contribution in [-0.2, 0) is 11.2 Å². The maximum absolute atomic E-state index is 11.2. The Morgan fingerprint density at radius 1 is 1.32 bits per heavy atom. The summed E-state index contributed by atoms with van der Waals surface area (Å²) in [5.41, 5.74) is -0.136. The van der Waals surface area contributed by atoms with E-state index in [0.717, 1.165) is 0 Å². The number of pyridine rings is 1. The van der Waals surface area contributed by atoms with Crippen LogP contribution in [0.2, 0.25) is 0 Å². The number of aliphatic hydroxyl groups is 1. The number of carbonyl (C=O) groups excluding carboxylic acids is 1. The average Bonchev–Trinajstić information content (AvgIpc) is 2.41. The van der Waals surface area contributed by atoms with Gasteiger partial charge in [0.2, 0.25) is 0 Å². The van der Waals surface area contributed by atoms with Gasteiger partial charge < -0.3 is 10.2 Å². The molecule has 0 bridgehead atoms. The molecule has 5 nitrogen and oxygen atoms in total. The minimum Gasteiger partial charge on any atom is -0.477 e. The molecule has 1 aliphatic carbocycles. The second-order valence-corrected chi connectivity index (χ2v) is 5.08. The monoisotopic (exact) mass is 263 g/mol. The van der Waals surface area contributed by atoms with Crippen LogP contribution in [-0.4, -0.2) is 32.6 Å². The molecule has 1 saturated carbocycles. The van der Waals surface area contributed by atoms with E-state index in [2.05, 4.69) is 4.98 Å². The van der Waals surface area contributed by atoms with E-state index >= 15 is 0 Å². The molecule has 1 aromatic rings. The van der Waals surface area contributed by atoms with Crippen LogP contribution in [0.1, 0.15) is 48.3 Å². The summed E-state index contributed by atoms with van der Waals surface area (Å²) in [5.74, 6) is -0.848. The number of carboxylic acids is 1. The summed E-state index contributed by atoms with van der Waals surface area (Å²) < 4.78 is 0. The number of nitrogens with zero attached hydrogens (tertiary/aromatic N) is 1. The van der Waals surface area contributed by atoms with Gasteiger partial charge in [0.1, 0.15) is 11.5 Å². The average molecular weight is 263 g/mol. The van der Waals surface area contributed by atoms with Crippen molar-refractivity contribution < 1.29 is 19.8 Å². The van der Waals surface area contributed by atoms with Crippen LogP contribution < -0.4 is 0 Å². The third kappa shape index (κ3) is 3.61. The lowest BCUT2D eigenvalue weighted by molar-refractivity contribution is -0.125. The van der Waals surface area contributed by atoms with Gasteiger partial charge in [0.25, 0.3) is 0 Å². The molecule has 0 saturated heterocycles. The molecule has 0 unspecified atom stereocenters. The predicted octanol–water partition coefficient (Wildman–Crippen LogP) is 1.59. The van der Waals surface area contributed by atoms with E-state index in [1.165, 1.54) is 6.07 Å². The molecule has 1 fully saturated rings. The number of hydrogen-bond acceptors (Lipinski definition) is 4. The highest BCUT2D eigenvalue weighted by Crippen LogP contribution is 2.30. The van der Waals surface area contributed by atoms with Crippen LogP contribution in [0.15, 0.2) is 18.2 Å². The van der Waals surface area contributed by atoms with E-state index in [4.69, 9.17) is 5.11 Å². The Morgan fingerprint density at radius 3 is 2.63 bits per heavy atom. The van der Waals surface area contributed by atoms with E-state index < -0.39 is 11.6 Å². The van der Waals surface area contributed by atoms with Crippen molar-refractivity contribution in [2.45, 2.75) is 44.1 Å². The largest absolute Gasteiger partial charge is 0.477 e. The Bertz CT molecular complexity index is 488. The summed E-state index contributed by atoms with van der Waals surface area (Å²) in [6.07, 6.45) is 2.87. The fraction of sp³-hybridized carbons (Fsp3) is 0.500. The van der Waals surface area contributed by atoms with Crippen LogP contribution in [0.5, 0.6) is 0 Å². The summed E-state index contributed by atoms with van der Waals surface area (Å²) in [6, 6.07) is 4.85. The van der Waals surface area contributed by atoms with Crippen molar-refractivity contribution in [1.29, 1.82) is 0 Å². The van der Waals surface area contributed by atoms with Gasteiger partial charge in [-0.2, -0.15) is 0 Å². The van der Waals surface area contributed by atoms with Gasteiger partial charge in [-0.25, -0.2) is 9.78 Å². The molecule has 1 aromatic heterocycles. The first-order valence-corrected chi connectivity index (χ1v) is 6.42. The molecule has 2 N–H and O–H groups in total. The minimum absolute atomic E-state index is 0.0170.